The first kappa shape index (κ1) is 34.7. The molecule has 6 nitrogen and oxygen atoms in total. The van der Waals surface area contributed by atoms with Crippen LogP contribution in [0.1, 0.15) is 43.7 Å². The highest BCUT2D eigenvalue weighted by atomic mass is 35.5. The van der Waals surface area contributed by atoms with Gasteiger partial charge in [-0.25, -0.2) is 0 Å². The second-order valence-electron chi connectivity index (χ2n) is 10.8. The SMILES string of the molecule is CC(N)C(=O)NCCCCOc1ccc(-c2sc3ccccc3c2Cc2ccc(OCCN3CCCC3)cc2)cc1.Cl.Cl. The van der Waals surface area contributed by atoms with Crippen LogP contribution in [0, 0.1) is 0 Å². The van der Waals surface area contributed by atoms with Gasteiger partial charge >= 0.3 is 0 Å². The number of hydrogen-bond acceptors (Lipinski definition) is 6. The largest absolute Gasteiger partial charge is 0.494 e. The number of ether oxygens (including phenoxy) is 2. The fourth-order valence-electron chi connectivity index (χ4n) is 5.21. The van der Waals surface area contributed by atoms with Gasteiger partial charge in [-0.2, -0.15) is 0 Å². The Bertz CT molecular complexity index is 1400. The van der Waals surface area contributed by atoms with Gasteiger partial charge in [0.1, 0.15) is 18.1 Å². The molecule has 1 fully saturated rings. The summed E-state index contributed by atoms with van der Waals surface area (Å²) in [6.07, 6.45) is 5.21. The van der Waals surface area contributed by atoms with E-state index in [0.29, 0.717) is 13.2 Å². The van der Waals surface area contributed by atoms with Crippen molar-refractivity contribution in [2.75, 3.05) is 39.4 Å². The molecule has 232 valence electrons. The van der Waals surface area contributed by atoms with Crippen molar-refractivity contribution in [2.45, 2.75) is 45.1 Å². The summed E-state index contributed by atoms with van der Waals surface area (Å²) in [5.74, 6) is 1.68. The van der Waals surface area contributed by atoms with Crippen molar-refractivity contribution >= 4 is 52.1 Å². The molecule has 1 unspecified atom stereocenters. The van der Waals surface area contributed by atoms with Crippen LogP contribution >= 0.6 is 36.2 Å². The van der Waals surface area contributed by atoms with E-state index >= 15 is 0 Å². The van der Waals surface area contributed by atoms with E-state index in [-0.39, 0.29) is 30.7 Å². The van der Waals surface area contributed by atoms with E-state index in [4.69, 9.17) is 15.2 Å². The molecule has 0 aliphatic carbocycles. The molecular weight excluding hydrogens is 601 g/mol. The molecule has 1 aliphatic rings. The van der Waals surface area contributed by atoms with Crippen LogP contribution in [0.25, 0.3) is 20.5 Å². The van der Waals surface area contributed by atoms with Crippen LogP contribution < -0.4 is 20.5 Å². The Labute approximate surface area is 271 Å². The highest BCUT2D eigenvalue weighted by molar-refractivity contribution is 7.22. The van der Waals surface area contributed by atoms with Crippen molar-refractivity contribution in [1.82, 2.24) is 10.2 Å². The first-order chi connectivity index (χ1) is 20.1. The molecule has 9 heteroatoms. The van der Waals surface area contributed by atoms with Crippen LogP contribution in [-0.4, -0.2) is 56.2 Å². The fourth-order valence-corrected chi connectivity index (χ4v) is 6.43. The third kappa shape index (κ3) is 9.85. The van der Waals surface area contributed by atoms with E-state index in [9.17, 15) is 4.79 Å². The maximum atomic E-state index is 11.5. The van der Waals surface area contributed by atoms with E-state index in [2.05, 4.69) is 83.0 Å². The lowest BCUT2D eigenvalue weighted by atomic mass is 9.99. The van der Waals surface area contributed by atoms with Gasteiger partial charge in [-0.05, 0) is 117 Å². The number of benzene rings is 3. The third-order valence-corrected chi connectivity index (χ3v) is 8.81. The minimum Gasteiger partial charge on any atom is -0.494 e. The summed E-state index contributed by atoms with van der Waals surface area (Å²) in [5.41, 5.74) is 9.41. The molecule has 0 saturated carbocycles. The van der Waals surface area contributed by atoms with Crippen molar-refractivity contribution in [2.24, 2.45) is 5.73 Å². The second kappa shape index (κ2) is 17.5. The highest BCUT2D eigenvalue weighted by Gasteiger charge is 2.15. The number of likely N-dealkylation sites (tertiary alicyclic amines) is 1. The summed E-state index contributed by atoms with van der Waals surface area (Å²) in [6, 6.07) is 25.2. The van der Waals surface area contributed by atoms with E-state index in [1.165, 1.54) is 57.6 Å². The number of halogens is 2. The number of hydrogen-bond donors (Lipinski definition) is 2. The minimum atomic E-state index is -0.472. The molecule has 43 heavy (non-hydrogen) atoms. The molecule has 1 aliphatic heterocycles. The van der Waals surface area contributed by atoms with Crippen LogP contribution in [0.4, 0.5) is 0 Å². The second-order valence-corrected chi connectivity index (χ2v) is 11.8. The van der Waals surface area contributed by atoms with Gasteiger partial charge in [0.2, 0.25) is 5.91 Å². The van der Waals surface area contributed by atoms with Crippen molar-refractivity contribution < 1.29 is 14.3 Å². The zero-order valence-corrected chi connectivity index (χ0v) is 27.2. The molecule has 1 aromatic heterocycles. The van der Waals surface area contributed by atoms with Gasteiger partial charge in [0.25, 0.3) is 0 Å². The zero-order chi connectivity index (χ0) is 28.4. The number of nitrogens with two attached hydrogens (primary N) is 1. The van der Waals surface area contributed by atoms with Gasteiger partial charge in [-0.1, -0.05) is 30.3 Å². The number of carbonyl (C=O) groups excluding carboxylic acids is 1. The van der Waals surface area contributed by atoms with E-state index in [1.807, 2.05) is 11.3 Å². The average molecular weight is 645 g/mol. The lowest BCUT2D eigenvalue weighted by molar-refractivity contribution is -0.121. The van der Waals surface area contributed by atoms with Gasteiger partial charge in [0.15, 0.2) is 0 Å². The maximum Gasteiger partial charge on any atom is 0.236 e. The highest BCUT2D eigenvalue weighted by Crippen LogP contribution is 2.40. The summed E-state index contributed by atoms with van der Waals surface area (Å²) >= 11 is 1.85. The Morgan fingerprint density at radius 3 is 2.26 bits per heavy atom. The van der Waals surface area contributed by atoms with Crippen LogP contribution in [0.15, 0.2) is 72.8 Å². The lowest BCUT2D eigenvalue weighted by Gasteiger charge is -2.15. The number of amides is 1. The van der Waals surface area contributed by atoms with Gasteiger partial charge in [-0.15, -0.1) is 36.2 Å². The first-order valence-corrected chi connectivity index (χ1v) is 15.6. The van der Waals surface area contributed by atoms with E-state index in [0.717, 1.165) is 43.9 Å². The molecule has 3 aromatic carbocycles. The molecule has 5 rings (SSSR count). The number of nitrogens with zero attached hydrogens (tertiary/aromatic N) is 1. The van der Waals surface area contributed by atoms with Gasteiger partial charge in [0.05, 0.1) is 12.6 Å². The maximum absolute atomic E-state index is 11.5. The lowest BCUT2D eigenvalue weighted by Crippen LogP contribution is -2.38. The Kier molecular flexibility index (Phi) is 14.1. The standard InChI is InChI=1S/C34H41N3O3S.2ClH/c1-25(35)34(38)36-18-4-7-22-39-29-16-12-27(13-17-29)33-31(30-8-2-3-9-32(30)41-33)24-26-10-14-28(15-11-26)40-23-21-37-19-5-6-20-37;;/h2-3,8-17,25H,4-7,18-24,35H2,1H3,(H,36,38);2*1H. The molecule has 1 saturated heterocycles. The molecule has 4 aromatic rings. The van der Waals surface area contributed by atoms with Crippen molar-refractivity contribution in [3.8, 4) is 21.9 Å². The molecule has 1 atom stereocenters. The summed E-state index contributed by atoms with van der Waals surface area (Å²) < 4.78 is 13.3. The number of rotatable bonds is 14. The number of nitrogens with one attached hydrogen (secondary N) is 1. The molecular formula is C34H43Cl2N3O3S. The predicted molar refractivity (Wildman–Crippen MR) is 184 cm³/mol. The van der Waals surface area contributed by atoms with E-state index in [1.54, 1.807) is 6.92 Å². The van der Waals surface area contributed by atoms with Crippen molar-refractivity contribution in [1.29, 1.82) is 0 Å². The van der Waals surface area contributed by atoms with E-state index < -0.39 is 6.04 Å². The zero-order valence-electron chi connectivity index (χ0n) is 24.8. The smallest absolute Gasteiger partial charge is 0.236 e. The predicted octanol–water partition coefficient (Wildman–Crippen LogP) is 7.10. The summed E-state index contributed by atoms with van der Waals surface area (Å²) in [7, 11) is 0. The number of carbonyl (C=O) groups is 1. The summed E-state index contributed by atoms with van der Waals surface area (Å²) in [5, 5.41) is 4.15. The van der Waals surface area contributed by atoms with Gasteiger partial charge in [0, 0.05) is 22.7 Å². The quantitative estimate of drug-likeness (QED) is 0.143. The number of thiophene rings is 1. The van der Waals surface area contributed by atoms with Crippen LogP contribution in [0.5, 0.6) is 11.5 Å². The van der Waals surface area contributed by atoms with Crippen molar-refractivity contribution in [3.05, 3.63) is 83.9 Å². The topological polar surface area (TPSA) is 76.8 Å². The van der Waals surface area contributed by atoms with Crippen LogP contribution in [-0.2, 0) is 11.2 Å². The summed E-state index contributed by atoms with van der Waals surface area (Å²) in [4.78, 5) is 15.3. The molecule has 1 amide bonds. The Morgan fingerprint density at radius 2 is 1.56 bits per heavy atom. The Morgan fingerprint density at radius 1 is 0.907 bits per heavy atom. The minimum absolute atomic E-state index is 0. The van der Waals surface area contributed by atoms with Gasteiger partial charge < -0.3 is 20.5 Å². The Balaban J connectivity index is 0.00000253. The monoisotopic (exact) mass is 643 g/mol. The van der Waals surface area contributed by atoms with Crippen LogP contribution in [0.3, 0.4) is 0 Å². The molecule has 2 heterocycles. The number of fused-ring (bicyclic) bond motifs is 1. The third-order valence-electron chi connectivity index (χ3n) is 7.55. The Hall–Kier alpha value is -2.81. The fraction of sp³-hybridized carbons (Fsp3) is 0.382. The first-order valence-electron chi connectivity index (χ1n) is 14.8. The average Bonchev–Trinajstić information content (AvgIpc) is 3.64. The molecule has 0 bridgehead atoms. The van der Waals surface area contributed by atoms with Gasteiger partial charge in [-0.3, -0.25) is 9.69 Å². The summed E-state index contributed by atoms with van der Waals surface area (Å²) in [6.45, 7) is 7.06. The molecule has 0 radical (unpaired) electrons. The normalized spacial score (nSPS) is 13.6. The molecule has 3 N–H and O–H groups in total. The van der Waals surface area contributed by atoms with Crippen molar-refractivity contribution in [3.63, 3.8) is 0 Å². The van der Waals surface area contributed by atoms with Crippen LogP contribution in [0.2, 0.25) is 0 Å². The number of unbranched alkanes of at least 4 members (excludes halogenated alkanes) is 1. The molecule has 0 spiro atoms.